The Balaban J connectivity index is 0.000000120. The first-order valence-electron chi connectivity index (χ1n) is 3.43. The Bertz CT molecular complexity index is 207. The van der Waals surface area contributed by atoms with Gasteiger partial charge in [0.15, 0.2) is 0 Å². The van der Waals surface area contributed by atoms with E-state index in [-0.39, 0.29) is 0 Å². The summed E-state index contributed by atoms with van der Waals surface area (Å²) in [5.74, 6) is 0. The van der Waals surface area contributed by atoms with Crippen molar-refractivity contribution in [1.82, 2.24) is 15.4 Å². The first-order chi connectivity index (χ1) is 6.00. The first-order valence-corrected chi connectivity index (χ1v) is 3.43. The van der Waals surface area contributed by atoms with Crippen LogP contribution in [0.1, 0.15) is 0 Å². The van der Waals surface area contributed by atoms with Gasteiger partial charge in [0.05, 0.1) is 0 Å². The lowest BCUT2D eigenvalue weighted by Gasteiger charge is -1.97. The van der Waals surface area contributed by atoms with Crippen LogP contribution in [0.3, 0.4) is 0 Å². The lowest BCUT2D eigenvalue weighted by molar-refractivity contribution is 0.172. The second-order valence-corrected chi connectivity index (χ2v) is 1.82. The Morgan fingerprint density at radius 1 is 0.917 bits per heavy atom. The van der Waals surface area contributed by atoms with Crippen molar-refractivity contribution in [3.8, 4) is 0 Å². The van der Waals surface area contributed by atoms with E-state index in [9.17, 15) is 0 Å². The van der Waals surface area contributed by atoms with Crippen molar-refractivity contribution in [2.75, 3.05) is 0 Å². The van der Waals surface area contributed by atoms with Gasteiger partial charge in [-0.25, -0.2) is 5.48 Å². The highest BCUT2D eigenvalue weighted by molar-refractivity contribution is 5.00. The lowest BCUT2D eigenvalue weighted by Crippen LogP contribution is -2.01. The van der Waals surface area contributed by atoms with Gasteiger partial charge in [0.1, 0.15) is 6.26 Å². The highest BCUT2D eigenvalue weighted by Gasteiger charge is 1.72. The van der Waals surface area contributed by atoms with Crippen LogP contribution in [0.15, 0.2) is 49.4 Å². The average Bonchev–Trinajstić information content (AvgIpc) is 2.24. The van der Waals surface area contributed by atoms with Gasteiger partial charge < -0.3 is 4.84 Å². The Hall–Kier alpha value is -1.84. The molecule has 0 radical (unpaired) electrons. The highest BCUT2D eigenvalue weighted by Crippen LogP contribution is 1.80. The van der Waals surface area contributed by atoms with Crippen molar-refractivity contribution < 1.29 is 4.84 Å². The third-order valence-corrected chi connectivity index (χ3v) is 0.968. The molecule has 1 aromatic heterocycles. The second kappa shape index (κ2) is 5.91. The number of nitrogens with one attached hydrogen (secondary N) is 1. The molecule has 4 heteroatoms. The number of allylic oxidation sites excluding steroid dienone is 2. The minimum atomic E-state index is 1.57. The van der Waals surface area contributed by atoms with Crippen molar-refractivity contribution in [2.24, 2.45) is 0 Å². The highest BCUT2D eigenvalue weighted by atomic mass is 16.6. The fourth-order valence-electron chi connectivity index (χ4n) is 0.511. The molecule has 0 spiro atoms. The summed E-state index contributed by atoms with van der Waals surface area (Å²) in [5.41, 5.74) is 2.52. The van der Waals surface area contributed by atoms with Crippen LogP contribution in [0.2, 0.25) is 0 Å². The van der Waals surface area contributed by atoms with Gasteiger partial charge >= 0.3 is 0 Å². The Labute approximate surface area is 70.6 Å². The van der Waals surface area contributed by atoms with E-state index in [1.165, 1.54) is 0 Å². The maximum Gasteiger partial charge on any atom is 0.119 e. The standard InChI is InChI=1S/C4H4N2.C4H5NO/c1-2-6-4-3-5-1;1-2-4-6-5-3-1/h1-4H;1-5H. The fourth-order valence-corrected chi connectivity index (χ4v) is 0.511. The van der Waals surface area contributed by atoms with Crippen LogP contribution < -0.4 is 5.48 Å². The Morgan fingerprint density at radius 2 is 1.58 bits per heavy atom. The molecule has 2 heterocycles. The van der Waals surface area contributed by atoms with Crippen molar-refractivity contribution >= 4 is 0 Å². The number of nitrogens with zero attached hydrogens (tertiary/aromatic N) is 2. The summed E-state index contributed by atoms with van der Waals surface area (Å²) in [6, 6.07) is 0. The molecule has 1 N–H and O–H groups in total. The molecule has 1 aliphatic heterocycles. The molecule has 12 heavy (non-hydrogen) atoms. The SMILES string of the molecule is C1=CNOC=C1.c1cnccn1. The van der Waals surface area contributed by atoms with Gasteiger partial charge in [-0.1, -0.05) is 0 Å². The van der Waals surface area contributed by atoms with Crippen molar-refractivity contribution in [1.29, 1.82) is 0 Å². The molecular formula is C8H9N3O. The first kappa shape index (κ1) is 8.26. The molecule has 1 aliphatic rings. The van der Waals surface area contributed by atoms with Crippen molar-refractivity contribution in [3.63, 3.8) is 0 Å². The van der Waals surface area contributed by atoms with E-state index in [2.05, 4.69) is 20.3 Å². The van der Waals surface area contributed by atoms with Crippen molar-refractivity contribution in [2.45, 2.75) is 0 Å². The predicted octanol–water partition coefficient (Wildman–Crippen LogP) is 1.03. The predicted molar refractivity (Wildman–Crippen MR) is 44.5 cm³/mol. The summed E-state index contributed by atoms with van der Waals surface area (Å²) in [6.45, 7) is 0. The monoisotopic (exact) mass is 163 g/mol. The normalized spacial score (nSPS) is 12.0. The third-order valence-electron chi connectivity index (χ3n) is 0.968. The Morgan fingerprint density at radius 3 is 1.75 bits per heavy atom. The summed E-state index contributed by atoms with van der Waals surface area (Å²) >= 11 is 0. The van der Waals surface area contributed by atoms with E-state index in [1.807, 2.05) is 6.08 Å². The van der Waals surface area contributed by atoms with E-state index >= 15 is 0 Å². The van der Waals surface area contributed by atoms with Crippen LogP contribution in [0.25, 0.3) is 0 Å². The third kappa shape index (κ3) is 4.05. The minimum Gasteiger partial charge on any atom is -0.391 e. The van der Waals surface area contributed by atoms with E-state index in [1.54, 1.807) is 43.3 Å². The van der Waals surface area contributed by atoms with E-state index in [0.717, 1.165) is 0 Å². The van der Waals surface area contributed by atoms with E-state index in [0.29, 0.717) is 0 Å². The van der Waals surface area contributed by atoms with Crippen LogP contribution in [0, 0.1) is 0 Å². The molecule has 0 saturated carbocycles. The zero-order valence-electron chi connectivity index (χ0n) is 6.42. The number of hydroxylamine groups is 1. The van der Waals surface area contributed by atoms with Crippen LogP contribution in [-0.4, -0.2) is 9.97 Å². The molecule has 0 bridgehead atoms. The van der Waals surface area contributed by atoms with Gasteiger partial charge in [0.25, 0.3) is 0 Å². The molecule has 0 aromatic carbocycles. The molecule has 0 unspecified atom stereocenters. The summed E-state index contributed by atoms with van der Waals surface area (Å²) in [7, 11) is 0. The molecule has 1 aromatic rings. The molecule has 0 saturated heterocycles. The van der Waals surface area contributed by atoms with Gasteiger partial charge in [0, 0.05) is 31.0 Å². The fraction of sp³-hybridized carbons (Fsp3) is 0. The number of hydrogen-bond donors (Lipinski definition) is 1. The largest absolute Gasteiger partial charge is 0.391 e. The van der Waals surface area contributed by atoms with E-state index < -0.39 is 0 Å². The van der Waals surface area contributed by atoms with E-state index in [4.69, 9.17) is 0 Å². The van der Waals surface area contributed by atoms with Gasteiger partial charge in [-0.15, -0.1) is 0 Å². The summed E-state index contributed by atoms with van der Waals surface area (Å²) < 4.78 is 0. The quantitative estimate of drug-likeness (QED) is 0.620. The second-order valence-electron chi connectivity index (χ2n) is 1.82. The maximum atomic E-state index is 4.55. The number of aromatic nitrogens is 2. The van der Waals surface area contributed by atoms with Crippen LogP contribution in [0.4, 0.5) is 0 Å². The van der Waals surface area contributed by atoms with Gasteiger partial charge in [-0.3, -0.25) is 9.97 Å². The summed E-state index contributed by atoms with van der Waals surface area (Å²) in [4.78, 5) is 12.0. The average molecular weight is 163 g/mol. The lowest BCUT2D eigenvalue weighted by atomic mass is 10.6. The summed E-state index contributed by atoms with van der Waals surface area (Å²) in [6.07, 6.45) is 13.5. The Kier molecular flexibility index (Phi) is 4.07. The molecule has 0 fully saturated rings. The van der Waals surface area contributed by atoms with Crippen LogP contribution in [-0.2, 0) is 4.84 Å². The molecule has 0 atom stereocenters. The van der Waals surface area contributed by atoms with Crippen molar-refractivity contribution in [3.05, 3.63) is 49.4 Å². The summed E-state index contributed by atoms with van der Waals surface area (Å²) in [5, 5.41) is 0. The number of hydrogen-bond acceptors (Lipinski definition) is 4. The molecular weight excluding hydrogens is 154 g/mol. The van der Waals surface area contributed by atoms with Gasteiger partial charge in [-0.05, 0) is 12.2 Å². The molecule has 2 rings (SSSR count). The zero-order valence-corrected chi connectivity index (χ0v) is 6.42. The zero-order chi connectivity index (χ0) is 8.49. The smallest absolute Gasteiger partial charge is 0.119 e. The number of rotatable bonds is 0. The topological polar surface area (TPSA) is 47.0 Å². The van der Waals surface area contributed by atoms with Crippen LogP contribution >= 0.6 is 0 Å². The maximum absolute atomic E-state index is 4.55. The molecule has 0 amide bonds. The molecule has 0 aliphatic carbocycles. The van der Waals surface area contributed by atoms with Crippen LogP contribution in [0.5, 0.6) is 0 Å². The molecule has 62 valence electrons. The molecule has 4 nitrogen and oxygen atoms in total. The van der Waals surface area contributed by atoms with Gasteiger partial charge in [0.2, 0.25) is 0 Å². The van der Waals surface area contributed by atoms with Gasteiger partial charge in [-0.2, -0.15) is 0 Å². The minimum absolute atomic E-state index is 1.57.